The van der Waals surface area contributed by atoms with Crippen LogP contribution >= 0.6 is 0 Å². The third-order valence-electron chi connectivity index (χ3n) is 8.73. The van der Waals surface area contributed by atoms with E-state index >= 15 is 0 Å². The van der Waals surface area contributed by atoms with E-state index in [-0.39, 0.29) is 0 Å². The Kier molecular flexibility index (Phi) is 6.43. The van der Waals surface area contributed by atoms with Crippen LogP contribution in [0.2, 0.25) is 0 Å². The average Bonchev–Trinajstić information content (AvgIpc) is 3.54. The molecule has 0 spiro atoms. The van der Waals surface area contributed by atoms with Gasteiger partial charge in [0.2, 0.25) is 0 Å². The molecule has 2 heterocycles. The van der Waals surface area contributed by atoms with E-state index in [9.17, 15) is 0 Å². The quantitative estimate of drug-likeness (QED) is 0.197. The lowest BCUT2D eigenvalue weighted by Crippen LogP contribution is -2.01. The van der Waals surface area contributed by atoms with Crippen LogP contribution < -0.4 is 0 Å². The van der Waals surface area contributed by atoms with Crippen LogP contribution in [-0.2, 0) is 0 Å². The van der Waals surface area contributed by atoms with Crippen LogP contribution in [0.1, 0.15) is 0 Å². The summed E-state index contributed by atoms with van der Waals surface area (Å²) in [5.41, 5.74) is 8.96. The van der Waals surface area contributed by atoms with Crippen LogP contribution in [0.5, 0.6) is 0 Å². The van der Waals surface area contributed by atoms with Gasteiger partial charge in [0.25, 0.3) is 0 Å². The van der Waals surface area contributed by atoms with Gasteiger partial charge in [-0.1, -0.05) is 146 Å². The number of aromatic nitrogens is 3. The van der Waals surface area contributed by atoms with Crippen molar-refractivity contribution >= 4 is 32.7 Å². The normalized spacial score (nSPS) is 11.4. The minimum atomic E-state index is 0.612. The van der Waals surface area contributed by atoms with Crippen LogP contribution in [0.3, 0.4) is 0 Å². The van der Waals surface area contributed by atoms with Crippen LogP contribution in [0, 0.1) is 0 Å². The van der Waals surface area contributed by atoms with E-state index < -0.39 is 0 Å². The Labute approximate surface area is 271 Å². The lowest BCUT2D eigenvalue weighted by atomic mass is 9.93. The van der Waals surface area contributed by atoms with E-state index in [0.29, 0.717) is 17.5 Å². The molecule has 0 atom stereocenters. The SMILES string of the molecule is c1ccc(-c2cccc(-c3nc(-c4ccccc4)nc(-c4cc5c6ccccc6oc5c5c(-c6ccccc6)cccc45)n3)c2)cc1. The molecule has 0 unspecified atom stereocenters. The van der Waals surface area contributed by atoms with Gasteiger partial charge in [-0.15, -0.1) is 0 Å². The van der Waals surface area contributed by atoms with Gasteiger partial charge >= 0.3 is 0 Å². The Balaban J connectivity index is 1.35. The van der Waals surface area contributed by atoms with Crippen LogP contribution in [0.15, 0.2) is 168 Å². The molecule has 220 valence electrons. The number of para-hydroxylation sites is 1. The van der Waals surface area contributed by atoms with Crippen molar-refractivity contribution < 1.29 is 4.42 Å². The third kappa shape index (κ3) is 4.75. The molecule has 0 bridgehead atoms. The highest BCUT2D eigenvalue weighted by molar-refractivity contribution is 6.22. The minimum absolute atomic E-state index is 0.612. The maximum Gasteiger partial charge on any atom is 0.164 e. The first-order chi connectivity index (χ1) is 23.3. The number of hydrogen-bond donors (Lipinski definition) is 0. The number of nitrogens with zero attached hydrogens (tertiary/aromatic N) is 3. The van der Waals surface area contributed by atoms with E-state index in [4.69, 9.17) is 19.4 Å². The molecule has 7 aromatic carbocycles. The van der Waals surface area contributed by atoms with Gasteiger partial charge in [-0.05, 0) is 45.8 Å². The monoisotopic (exact) mass is 601 g/mol. The van der Waals surface area contributed by atoms with Gasteiger partial charge in [0.15, 0.2) is 17.5 Å². The van der Waals surface area contributed by atoms with Crippen molar-refractivity contribution in [2.75, 3.05) is 0 Å². The first-order valence-corrected chi connectivity index (χ1v) is 15.7. The topological polar surface area (TPSA) is 51.8 Å². The summed E-state index contributed by atoms with van der Waals surface area (Å²) >= 11 is 0. The maximum absolute atomic E-state index is 6.61. The fraction of sp³-hybridized carbons (Fsp3) is 0. The molecule has 0 aliphatic carbocycles. The smallest absolute Gasteiger partial charge is 0.164 e. The van der Waals surface area contributed by atoms with Gasteiger partial charge in [-0.25, -0.2) is 15.0 Å². The summed E-state index contributed by atoms with van der Waals surface area (Å²) in [4.78, 5) is 15.4. The first kappa shape index (κ1) is 27.0. The van der Waals surface area contributed by atoms with Crippen LogP contribution in [0.4, 0.5) is 0 Å². The highest BCUT2D eigenvalue weighted by Gasteiger charge is 2.21. The Morgan fingerprint density at radius 2 is 0.894 bits per heavy atom. The van der Waals surface area contributed by atoms with Gasteiger partial charge < -0.3 is 4.42 Å². The summed E-state index contributed by atoms with van der Waals surface area (Å²) < 4.78 is 6.61. The maximum atomic E-state index is 6.61. The molecule has 0 aliphatic heterocycles. The van der Waals surface area contributed by atoms with E-state index in [1.54, 1.807) is 0 Å². The van der Waals surface area contributed by atoms with Crippen molar-refractivity contribution in [2.24, 2.45) is 0 Å². The molecule has 4 heteroatoms. The van der Waals surface area contributed by atoms with Crippen molar-refractivity contribution in [2.45, 2.75) is 0 Å². The second-order valence-corrected chi connectivity index (χ2v) is 11.6. The molecule has 0 amide bonds. The predicted octanol–water partition coefficient (Wildman–Crippen LogP) is 11.3. The number of fused-ring (bicyclic) bond motifs is 5. The van der Waals surface area contributed by atoms with Gasteiger partial charge in [-0.2, -0.15) is 0 Å². The number of benzene rings is 7. The molecular weight excluding hydrogens is 574 g/mol. The van der Waals surface area contributed by atoms with Gasteiger partial charge in [-0.3, -0.25) is 0 Å². The molecule has 4 nitrogen and oxygen atoms in total. The molecule has 47 heavy (non-hydrogen) atoms. The lowest BCUT2D eigenvalue weighted by molar-refractivity contribution is 0.673. The summed E-state index contributed by atoms with van der Waals surface area (Å²) in [5, 5.41) is 4.14. The standard InChI is InChI=1S/C43H27N3O/c1-4-14-28(15-5-1)31-20-12-21-32(26-31)42-44-41(30-18-8-3-9-19-30)45-43(46-42)37-27-36-34-22-10-11-25-38(34)47-40(36)39-33(23-13-24-35(37)39)29-16-6-2-7-17-29/h1-27H. The number of furan rings is 1. The second-order valence-electron chi connectivity index (χ2n) is 11.6. The summed E-state index contributed by atoms with van der Waals surface area (Å²) in [5.74, 6) is 1.86. The molecule has 0 N–H and O–H groups in total. The van der Waals surface area contributed by atoms with Crippen LogP contribution in [-0.4, -0.2) is 15.0 Å². The van der Waals surface area contributed by atoms with E-state index in [0.717, 1.165) is 71.7 Å². The van der Waals surface area contributed by atoms with Crippen molar-refractivity contribution in [1.82, 2.24) is 15.0 Å². The third-order valence-corrected chi connectivity index (χ3v) is 8.73. The number of rotatable bonds is 5. The second kappa shape index (κ2) is 11.2. The van der Waals surface area contributed by atoms with Gasteiger partial charge in [0, 0.05) is 32.8 Å². The summed E-state index contributed by atoms with van der Waals surface area (Å²) in [6, 6.07) is 56.2. The highest BCUT2D eigenvalue weighted by Crippen LogP contribution is 2.43. The molecule has 0 saturated carbocycles. The molecule has 0 fully saturated rings. The Morgan fingerprint density at radius 3 is 1.66 bits per heavy atom. The zero-order valence-corrected chi connectivity index (χ0v) is 25.3. The fourth-order valence-corrected chi connectivity index (χ4v) is 6.49. The zero-order valence-electron chi connectivity index (χ0n) is 25.3. The van der Waals surface area contributed by atoms with Gasteiger partial charge in [0.1, 0.15) is 11.2 Å². The largest absolute Gasteiger partial charge is 0.455 e. The van der Waals surface area contributed by atoms with Crippen molar-refractivity contribution in [1.29, 1.82) is 0 Å². The van der Waals surface area contributed by atoms with Crippen molar-refractivity contribution in [3.63, 3.8) is 0 Å². The fourth-order valence-electron chi connectivity index (χ4n) is 6.49. The lowest BCUT2D eigenvalue weighted by Gasteiger charge is -2.13. The Bertz CT molecular complexity index is 2560. The van der Waals surface area contributed by atoms with E-state index in [2.05, 4.69) is 109 Å². The molecule has 9 aromatic rings. The first-order valence-electron chi connectivity index (χ1n) is 15.7. The Hall–Kier alpha value is -6.39. The summed E-state index contributed by atoms with van der Waals surface area (Å²) in [6.45, 7) is 0. The van der Waals surface area contributed by atoms with Crippen molar-refractivity contribution in [3.8, 4) is 56.4 Å². The molecular formula is C43H27N3O. The van der Waals surface area contributed by atoms with E-state index in [1.165, 1.54) is 0 Å². The molecule has 9 rings (SSSR count). The van der Waals surface area contributed by atoms with Crippen molar-refractivity contribution in [3.05, 3.63) is 164 Å². The highest BCUT2D eigenvalue weighted by atomic mass is 16.3. The summed E-state index contributed by atoms with van der Waals surface area (Å²) in [7, 11) is 0. The Morgan fingerprint density at radius 1 is 0.340 bits per heavy atom. The summed E-state index contributed by atoms with van der Waals surface area (Å²) in [6.07, 6.45) is 0. The molecule has 0 aliphatic rings. The van der Waals surface area contributed by atoms with E-state index in [1.807, 2.05) is 54.6 Å². The zero-order chi connectivity index (χ0) is 31.2. The minimum Gasteiger partial charge on any atom is -0.455 e. The molecule has 2 aromatic heterocycles. The molecule has 0 saturated heterocycles. The molecule has 0 radical (unpaired) electrons. The van der Waals surface area contributed by atoms with Gasteiger partial charge in [0.05, 0.1) is 0 Å². The predicted molar refractivity (Wildman–Crippen MR) is 192 cm³/mol. The van der Waals surface area contributed by atoms with Crippen LogP contribution in [0.25, 0.3) is 89.1 Å². The average molecular weight is 602 g/mol. The number of hydrogen-bond acceptors (Lipinski definition) is 4.